The van der Waals surface area contributed by atoms with Crippen molar-refractivity contribution in [3.05, 3.63) is 82.8 Å². The molecule has 1 saturated heterocycles. The summed E-state index contributed by atoms with van der Waals surface area (Å²) in [5.41, 5.74) is -2.07. The number of nitrogens with zero attached hydrogens (tertiary/aromatic N) is 4. The Morgan fingerprint density at radius 1 is 0.921 bits per heavy atom. The fraction of sp³-hybridized carbons (Fsp3) is 0.370. The minimum absolute atomic E-state index is 0.0632. The largest absolute Gasteiger partial charge is 0.416 e. The van der Waals surface area contributed by atoms with Crippen molar-refractivity contribution in [2.45, 2.75) is 44.7 Å². The molecule has 1 aliphatic heterocycles. The highest BCUT2D eigenvalue weighted by Gasteiger charge is 2.37. The van der Waals surface area contributed by atoms with Gasteiger partial charge in [0.25, 0.3) is 5.91 Å². The topological polar surface area (TPSA) is 49.3 Å². The van der Waals surface area contributed by atoms with Crippen molar-refractivity contribution in [1.82, 2.24) is 19.8 Å². The molecule has 0 radical (unpaired) electrons. The lowest BCUT2D eigenvalue weighted by molar-refractivity contribution is -0.143. The average molecular weight is 537 g/mol. The third-order valence-electron chi connectivity index (χ3n) is 6.34. The zero-order valence-electron chi connectivity index (χ0n) is 20.6. The normalized spacial score (nSPS) is 14.9. The summed E-state index contributed by atoms with van der Waals surface area (Å²) in [5, 5.41) is 0. The van der Waals surface area contributed by atoms with E-state index in [4.69, 9.17) is 0 Å². The van der Waals surface area contributed by atoms with Gasteiger partial charge in [-0.25, -0.2) is 9.97 Å². The number of amides is 1. The molecule has 202 valence electrons. The number of benzene rings is 2. The maximum atomic E-state index is 13.4. The number of hydrogen-bond donors (Lipinski definition) is 0. The van der Waals surface area contributed by atoms with Crippen LogP contribution in [0.3, 0.4) is 0 Å². The average Bonchev–Trinajstić information content (AvgIpc) is 2.88. The molecule has 0 N–H and O–H groups in total. The Morgan fingerprint density at radius 2 is 1.53 bits per heavy atom. The van der Waals surface area contributed by atoms with Crippen LogP contribution in [0.15, 0.2) is 54.7 Å². The fourth-order valence-electron chi connectivity index (χ4n) is 4.45. The molecule has 1 aromatic heterocycles. The second-order valence-corrected chi connectivity index (χ2v) is 9.33. The van der Waals surface area contributed by atoms with Gasteiger partial charge in [-0.2, -0.15) is 26.3 Å². The first kappa shape index (κ1) is 27.6. The Balaban J connectivity index is 1.64. The van der Waals surface area contributed by atoms with Crippen molar-refractivity contribution in [1.29, 1.82) is 0 Å². The predicted molar refractivity (Wildman–Crippen MR) is 129 cm³/mol. The van der Waals surface area contributed by atoms with E-state index in [1.165, 1.54) is 19.7 Å². The Bertz CT molecular complexity index is 1240. The first-order chi connectivity index (χ1) is 17.9. The lowest BCUT2D eigenvalue weighted by atomic mass is 10.0. The molecule has 0 atom stereocenters. The van der Waals surface area contributed by atoms with Gasteiger partial charge in [-0.3, -0.25) is 9.69 Å². The van der Waals surface area contributed by atoms with Crippen molar-refractivity contribution in [2.75, 3.05) is 20.1 Å². The van der Waals surface area contributed by atoms with Crippen molar-refractivity contribution in [3.8, 4) is 11.3 Å². The minimum atomic E-state index is -4.98. The van der Waals surface area contributed by atoms with E-state index in [-0.39, 0.29) is 17.2 Å². The second-order valence-electron chi connectivity index (χ2n) is 9.33. The SMILES string of the molecule is CN(Cc1cc(C(F)(F)F)cc(C(F)(F)F)c1)C(=O)c1cnc(CN2CCCCC2)nc1-c1ccccc1. The summed E-state index contributed by atoms with van der Waals surface area (Å²) in [6.45, 7) is 1.87. The minimum Gasteiger partial charge on any atom is -0.337 e. The van der Waals surface area contributed by atoms with Crippen LogP contribution in [0.1, 0.15) is 52.1 Å². The first-order valence-electron chi connectivity index (χ1n) is 12.1. The van der Waals surface area contributed by atoms with E-state index < -0.39 is 35.9 Å². The molecule has 1 fully saturated rings. The molecule has 0 bridgehead atoms. The molecule has 2 aromatic carbocycles. The molecule has 1 aliphatic rings. The third-order valence-corrected chi connectivity index (χ3v) is 6.34. The summed E-state index contributed by atoms with van der Waals surface area (Å²) in [7, 11) is 1.31. The Labute approximate surface area is 216 Å². The van der Waals surface area contributed by atoms with Crippen LogP contribution in [0.2, 0.25) is 0 Å². The van der Waals surface area contributed by atoms with Crippen LogP contribution in [-0.2, 0) is 25.4 Å². The van der Waals surface area contributed by atoms with Gasteiger partial charge in [-0.15, -0.1) is 0 Å². The Kier molecular flexibility index (Phi) is 8.05. The molecule has 2 heterocycles. The summed E-state index contributed by atoms with van der Waals surface area (Å²) in [5.74, 6) is -0.100. The Hall–Kier alpha value is -3.47. The third kappa shape index (κ3) is 6.69. The van der Waals surface area contributed by atoms with E-state index in [1.54, 1.807) is 30.3 Å². The van der Waals surface area contributed by atoms with E-state index in [9.17, 15) is 31.1 Å². The van der Waals surface area contributed by atoms with Crippen LogP contribution in [0.4, 0.5) is 26.3 Å². The molecule has 0 spiro atoms. The van der Waals surface area contributed by atoms with Gasteiger partial charge in [0.15, 0.2) is 0 Å². The van der Waals surface area contributed by atoms with Crippen LogP contribution < -0.4 is 0 Å². The molecule has 1 amide bonds. The molecule has 4 rings (SSSR count). The van der Waals surface area contributed by atoms with Crippen molar-refractivity contribution < 1.29 is 31.1 Å². The maximum Gasteiger partial charge on any atom is 0.416 e. The van der Waals surface area contributed by atoms with Gasteiger partial charge in [-0.05, 0) is 49.7 Å². The van der Waals surface area contributed by atoms with E-state index in [0.717, 1.165) is 30.8 Å². The van der Waals surface area contributed by atoms with E-state index in [2.05, 4.69) is 14.9 Å². The van der Waals surface area contributed by atoms with E-state index in [1.807, 2.05) is 0 Å². The number of hydrogen-bond acceptors (Lipinski definition) is 4. The van der Waals surface area contributed by atoms with Crippen LogP contribution >= 0.6 is 0 Å². The summed E-state index contributed by atoms with van der Waals surface area (Å²) in [6, 6.07) is 10.2. The highest BCUT2D eigenvalue weighted by molar-refractivity contribution is 5.99. The molecule has 5 nitrogen and oxygen atoms in total. The van der Waals surface area contributed by atoms with Gasteiger partial charge in [0, 0.05) is 25.4 Å². The molecule has 11 heteroatoms. The molecule has 38 heavy (non-hydrogen) atoms. The maximum absolute atomic E-state index is 13.4. The summed E-state index contributed by atoms with van der Waals surface area (Å²) >= 11 is 0. The number of aromatic nitrogens is 2. The van der Waals surface area contributed by atoms with Crippen molar-refractivity contribution >= 4 is 5.91 Å². The molecular weight excluding hydrogens is 510 g/mol. The van der Waals surface area contributed by atoms with Crippen LogP contribution in [0.5, 0.6) is 0 Å². The lowest BCUT2D eigenvalue weighted by Crippen LogP contribution is -2.30. The monoisotopic (exact) mass is 536 g/mol. The molecule has 0 aliphatic carbocycles. The van der Waals surface area contributed by atoms with Gasteiger partial charge in [0.05, 0.1) is 28.9 Å². The molecular formula is C27H26F6N4O. The molecule has 3 aromatic rings. The second kappa shape index (κ2) is 11.1. The number of likely N-dealkylation sites (tertiary alicyclic amines) is 1. The van der Waals surface area contributed by atoms with Crippen molar-refractivity contribution in [3.63, 3.8) is 0 Å². The van der Waals surface area contributed by atoms with E-state index >= 15 is 0 Å². The smallest absolute Gasteiger partial charge is 0.337 e. The zero-order valence-corrected chi connectivity index (χ0v) is 20.6. The standard InChI is InChI=1S/C27H26F6N4O/c1-36(16-18-12-20(26(28,29)30)14-21(13-18)27(31,32)33)25(38)22-15-34-23(17-37-10-6-3-7-11-37)35-24(22)19-8-4-2-5-9-19/h2,4-5,8-9,12-15H,3,6-7,10-11,16-17H2,1H3. The Morgan fingerprint density at radius 3 is 2.11 bits per heavy atom. The number of piperidine rings is 1. The van der Waals surface area contributed by atoms with Crippen molar-refractivity contribution in [2.24, 2.45) is 0 Å². The number of halogens is 6. The van der Waals surface area contributed by atoms with Gasteiger partial charge >= 0.3 is 12.4 Å². The van der Waals surface area contributed by atoms with E-state index in [0.29, 0.717) is 35.8 Å². The lowest BCUT2D eigenvalue weighted by Gasteiger charge is -2.26. The van der Waals surface area contributed by atoms with Crippen LogP contribution in [-0.4, -0.2) is 45.8 Å². The fourth-order valence-corrected chi connectivity index (χ4v) is 4.45. The van der Waals surface area contributed by atoms with Gasteiger partial charge in [0.2, 0.25) is 0 Å². The van der Waals surface area contributed by atoms with Gasteiger partial charge in [-0.1, -0.05) is 36.8 Å². The van der Waals surface area contributed by atoms with Crippen LogP contribution in [0.25, 0.3) is 11.3 Å². The van der Waals surface area contributed by atoms with Gasteiger partial charge in [0.1, 0.15) is 5.82 Å². The van der Waals surface area contributed by atoms with Crippen LogP contribution in [0, 0.1) is 0 Å². The zero-order chi connectivity index (χ0) is 27.5. The summed E-state index contributed by atoms with van der Waals surface area (Å²) in [4.78, 5) is 25.7. The number of rotatable bonds is 6. The summed E-state index contributed by atoms with van der Waals surface area (Å²) in [6.07, 6.45) is -5.24. The first-order valence-corrected chi connectivity index (χ1v) is 12.1. The highest BCUT2D eigenvalue weighted by Crippen LogP contribution is 2.36. The number of carbonyl (C=O) groups is 1. The summed E-state index contributed by atoms with van der Waals surface area (Å²) < 4.78 is 79.7. The molecule has 0 unspecified atom stereocenters. The predicted octanol–water partition coefficient (Wildman–Crippen LogP) is 6.44. The number of alkyl halides is 6. The molecule has 0 saturated carbocycles. The number of carbonyl (C=O) groups excluding carboxylic acids is 1. The quantitative estimate of drug-likeness (QED) is 0.341. The van der Waals surface area contributed by atoms with Gasteiger partial charge < -0.3 is 4.90 Å². The highest BCUT2D eigenvalue weighted by atomic mass is 19.4.